The summed E-state index contributed by atoms with van der Waals surface area (Å²) >= 11 is 0. The number of hydrogen-bond donors (Lipinski definition) is 0. The Morgan fingerprint density at radius 1 is 1.14 bits per heavy atom. The number of halogens is 1. The van der Waals surface area contributed by atoms with E-state index in [0.29, 0.717) is 6.42 Å². The highest BCUT2D eigenvalue weighted by Crippen LogP contribution is 2.23. The van der Waals surface area contributed by atoms with E-state index in [-0.39, 0.29) is 6.10 Å². The SMILES string of the molecule is CCCCCCO[C@H]1CCCC[C@@H]1F. The van der Waals surface area contributed by atoms with Gasteiger partial charge in [0.25, 0.3) is 0 Å². The first-order valence-corrected chi connectivity index (χ1v) is 6.10. The maximum Gasteiger partial charge on any atom is 0.126 e. The maximum atomic E-state index is 13.3. The number of unbranched alkanes of at least 4 members (excludes halogenated alkanes) is 3. The van der Waals surface area contributed by atoms with Gasteiger partial charge in [-0.15, -0.1) is 0 Å². The van der Waals surface area contributed by atoms with Crippen molar-refractivity contribution in [3.63, 3.8) is 0 Å². The zero-order valence-corrected chi connectivity index (χ0v) is 9.30. The third kappa shape index (κ3) is 4.41. The summed E-state index contributed by atoms with van der Waals surface area (Å²) in [7, 11) is 0. The van der Waals surface area contributed by atoms with E-state index in [0.717, 1.165) is 32.3 Å². The molecule has 14 heavy (non-hydrogen) atoms. The molecule has 1 fully saturated rings. The molecule has 0 bridgehead atoms. The van der Waals surface area contributed by atoms with Crippen LogP contribution in [0.25, 0.3) is 0 Å². The van der Waals surface area contributed by atoms with Crippen molar-refractivity contribution in [1.82, 2.24) is 0 Å². The smallest absolute Gasteiger partial charge is 0.126 e. The Hall–Kier alpha value is -0.110. The predicted molar refractivity (Wildman–Crippen MR) is 57.2 cm³/mol. The lowest BCUT2D eigenvalue weighted by atomic mass is 9.96. The fourth-order valence-corrected chi connectivity index (χ4v) is 2.00. The predicted octanol–water partition coefficient (Wildman–Crippen LogP) is 3.86. The first-order valence-electron chi connectivity index (χ1n) is 6.10. The summed E-state index contributed by atoms with van der Waals surface area (Å²) in [6.45, 7) is 2.95. The van der Waals surface area contributed by atoms with Crippen LogP contribution in [0.4, 0.5) is 4.39 Å². The zero-order chi connectivity index (χ0) is 10.2. The maximum absolute atomic E-state index is 13.3. The molecule has 0 saturated heterocycles. The van der Waals surface area contributed by atoms with Crippen LogP contribution in [0.1, 0.15) is 58.3 Å². The number of alkyl halides is 1. The Balaban J connectivity index is 1.99. The molecule has 0 N–H and O–H groups in total. The minimum absolute atomic E-state index is 0.0922. The van der Waals surface area contributed by atoms with E-state index >= 15 is 0 Å². The Morgan fingerprint density at radius 3 is 2.64 bits per heavy atom. The van der Waals surface area contributed by atoms with Crippen molar-refractivity contribution < 1.29 is 9.13 Å². The van der Waals surface area contributed by atoms with Gasteiger partial charge in [-0.3, -0.25) is 0 Å². The van der Waals surface area contributed by atoms with Crippen molar-refractivity contribution >= 4 is 0 Å². The van der Waals surface area contributed by atoms with Crippen LogP contribution in [0.15, 0.2) is 0 Å². The minimum atomic E-state index is -0.699. The van der Waals surface area contributed by atoms with Gasteiger partial charge in [0, 0.05) is 6.61 Å². The highest BCUT2D eigenvalue weighted by molar-refractivity contribution is 4.75. The molecule has 2 heteroatoms. The molecular formula is C12H23FO. The van der Waals surface area contributed by atoms with Gasteiger partial charge in [-0.2, -0.15) is 0 Å². The van der Waals surface area contributed by atoms with Crippen LogP contribution in [0.3, 0.4) is 0 Å². The summed E-state index contributed by atoms with van der Waals surface area (Å²) in [6.07, 6.45) is 7.85. The number of rotatable bonds is 6. The molecule has 0 radical (unpaired) electrons. The van der Waals surface area contributed by atoms with Gasteiger partial charge in [0.15, 0.2) is 0 Å². The highest BCUT2D eigenvalue weighted by atomic mass is 19.1. The third-order valence-electron chi connectivity index (χ3n) is 2.95. The monoisotopic (exact) mass is 202 g/mol. The second-order valence-electron chi connectivity index (χ2n) is 4.27. The van der Waals surface area contributed by atoms with Gasteiger partial charge in [-0.05, 0) is 19.3 Å². The molecule has 0 unspecified atom stereocenters. The lowest BCUT2D eigenvalue weighted by Crippen LogP contribution is -2.29. The lowest BCUT2D eigenvalue weighted by Gasteiger charge is -2.25. The Kier molecular flexibility index (Phi) is 6.17. The molecule has 0 aromatic rings. The van der Waals surface area contributed by atoms with E-state index in [4.69, 9.17) is 4.74 Å². The molecule has 0 aromatic heterocycles. The van der Waals surface area contributed by atoms with E-state index in [9.17, 15) is 4.39 Å². The largest absolute Gasteiger partial charge is 0.375 e. The van der Waals surface area contributed by atoms with E-state index in [1.165, 1.54) is 19.3 Å². The fourth-order valence-electron chi connectivity index (χ4n) is 2.00. The zero-order valence-electron chi connectivity index (χ0n) is 9.30. The molecule has 0 aromatic carbocycles. The molecule has 1 aliphatic carbocycles. The highest BCUT2D eigenvalue weighted by Gasteiger charge is 2.24. The molecule has 1 aliphatic rings. The van der Waals surface area contributed by atoms with E-state index < -0.39 is 6.17 Å². The number of hydrogen-bond acceptors (Lipinski definition) is 1. The quantitative estimate of drug-likeness (QED) is 0.594. The molecule has 0 amide bonds. The van der Waals surface area contributed by atoms with Crippen LogP contribution in [-0.4, -0.2) is 18.9 Å². The first kappa shape index (κ1) is 12.0. The molecule has 1 saturated carbocycles. The second kappa shape index (κ2) is 7.22. The van der Waals surface area contributed by atoms with Crippen molar-refractivity contribution in [1.29, 1.82) is 0 Å². The average Bonchev–Trinajstić information content (AvgIpc) is 2.20. The molecular weight excluding hydrogens is 179 g/mol. The van der Waals surface area contributed by atoms with Crippen LogP contribution in [0, 0.1) is 0 Å². The first-order chi connectivity index (χ1) is 6.84. The summed E-state index contributed by atoms with van der Waals surface area (Å²) in [6, 6.07) is 0. The van der Waals surface area contributed by atoms with Gasteiger partial charge in [-0.25, -0.2) is 4.39 Å². The van der Waals surface area contributed by atoms with Crippen LogP contribution >= 0.6 is 0 Å². The molecule has 0 aliphatic heterocycles. The molecule has 0 spiro atoms. The molecule has 2 atom stereocenters. The average molecular weight is 202 g/mol. The summed E-state index contributed by atoms with van der Waals surface area (Å²) in [4.78, 5) is 0. The fraction of sp³-hybridized carbons (Fsp3) is 1.00. The van der Waals surface area contributed by atoms with Crippen LogP contribution in [0.2, 0.25) is 0 Å². The van der Waals surface area contributed by atoms with Gasteiger partial charge in [0.05, 0.1) is 6.10 Å². The van der Waals surface area contributed by atoms with Crippen molar-refractivity contribution in [2.24, 2.45) is 0 Å². The topological polar surface area (TPSA) is 9.23 Å². The summed E-state index contributed by atoms with van der Waals surface area (Å²) in [5.41, 5.74) is 0. The number of ether oxygens (including phenoxy) is 1. The normalized spacial score (nSPS) is 27.9. The van der Waals surface area contributed by atoms with Gasteiger partial charge in [0.2, 0.25) is 0 Å². The van der Waals surface area contributed by atoms with Crippen molar-refractivity contribution in [2.75, 3.05) is 6.61 Å². The summed E-state index contributed by atoms with van der Waals surface area (Å²) in [5.74, 6) is 0. The molecule has 1 nitrogen and oxygen atoms in total. The standard InChI is InChI=1S/C12H23FO/c1-2-3-4-7-10-14-12-9-6-5-8-11(12)13/h11-12H,2-10H2,1H3/t11-,12-/m0/s1. The Bertz CT molecular complexity index is 138. The summed E-state index contributed by atoms with van der Waals surface area (Å²) < 4.78 is 18.9. The lowest BCUT2D eigenvalue weighted by molar-refractivity contribution is -0.0255. The second-order valence-corrected chi connectivity index (χ2v) is 4.27. The van der Waals surface area contributed by atoms with Crippen LogP contribution in [0.5, 0.6) is 0 Å². The van der Waals surface area contributed by atoms with Gasteiger partial charge in [0.1, 0.15) is 6.17 Å². The van der Waals surface area contributed by atoms with Gasteiger partial charge < -0.3 is 4.74 Å². The van der Waals surface area contributed by atoms with Crippen LogP contribution in [-0.2, 0) is 4.74 Å². The molecule has 84 valence electrons. The van der Waals surface area contributed by atoms with Crippen molar-refractivity contribution in [3.05, 3.63) is 0 Å². The van der Waals surface area contributed by atoms with Gasteiger partial charge >= 0.3 is 0 Å². The third-order valence-corrected chi connectivity index (χ3v) is 2.95. The minimum Gasteiger partial charge on any atom is -0.375 e. The van der Waals surface area contributed by atoms with Crippen molar-refractivity contribution in [3.8, 4) is 0 Å². The van der Waals surface area contributed by atoms with Gasteiger partial charge in [-0.1, -0.05) is 39.0 Å². The Morgan fingerprint density at radius 2 is 1.93 bits per heavy atom. The van der Waals surface area contributed by atoms with E-state index in [2.05, 4.69) is 6.92 Å². The van der Waals surface area contributed by atoms with Crippen LogP contribution < -0.4 is 0 Å². The molecule has 0 heterocycles. The molecule has 1 rings (SSSR count). The summed E-state index contributed by atoms with van der Waals surface area (Å²) in [5, 5.41) is 0. The van der Waals surface area contributed by atoms with E-state index in [1.807, 2.05) is 0 Å². The Labute approximate surface area is 87.0 Å². The van der Waals surface area contributed by atoms with Crippen molar-refractivity contribution in [2.45, 2.75) is 70.6 Å². The van der Waals surface area contributed by atoms with E-state index in [1.54, 1.807) is 0 Å².